The van der Waals surface area contributed by atoms with Crippen LogP contribution in [0, 0.1) is 5.13 Å². The lowest BCUT2D eigenvalue weighted by molar-refractivity contribution is 0.0944. The maximum Gasteiger partial charge on any atom is 0.289 e. The number of nitrogens with one attached hydrogen (secondary N) is 1. The summed E-state index contributed by atoms with van der Waals surface area (Å²) in [5.41, 5.74) is 2.81. The summed E-state index contributed by atoms with van der Waals surface area (Å²) < 4.78 is 14.3. The van der Waals surface area contributed by atoms with Crippen LogP contribution in [-0.2, 0) is 6.54 Å². The molecule has 0 bridgehead atoms. The molecule has 0 aromatic carbocycles. The molecule has 2 aromatic heterocycles. The van der Waals surface area contributed by atoms with Crippen LogP contribution in [0.2, 0.25) is 0 Å². The Hall–Kier alpha value is -2.02. The number of aromatic nitrogens is 2. The number of thiophene rings is 1. The van der Waals surface area contributed by atoms with Crippen molar-refractivity contribution in [2.24, 2.45) is 5.10 Å². The molecule has 0 saturated carbocycles. The number of rotatable bonds is 4. The highest BCUT2D eigenvalue weighted by atomic mass is 32.1. The molecule has 0 aliphatic carbocycles. The van der Waals surface area contributed by atoms with Crippen molar-refractivity contribution in [2.45, 2.75) is 13.5 Å². The highest BCUT2D eigenvalue weighted by Gasteiger charge is 2.09. The van der Waals surface area contributed by atoms with Gasteiger partial charge in [0.25, 0.3) is 5.91 Å². The number of aryl methyl sites for hydroxylation is 1. The van der Waals surface area contributed by atoms with E-state index in [1.807, 2.05) is 6.92 Å². The summed E-state index contributed by atoms with van der Waals surface area (Å²) >= 11 is 0.960. The molecule has 0 fully saturated rings. The molecule has 0 aliphatic rings. The SMILES string of the molecule is CCn1nccc1C(=O)N/N=C/c1ccc(F)s1. The van der Waals surface area contributed by atoms with Crippen LogP contribution >= 0.6 is 11.3 Å². The van der Waals surface area contributed by atoms with Gasteiger partial charge in [-0.05, 0) is 25.1 Å². The first-order valence-electron chi connectivity index (χ1n) is 5.31. The van der Waals surface area contributed by atoms with Crippen LogP contribution in [0.4, 0.5) is 4.39 Å². The molecule has 0 spiro atoms. The Balaban J connectivity index is 1.98. The minimum absolute atomic E-state index is 0.285. The largest absolute Gasteiger partial charge is 0.289 e. The fourth-order valence-electron chi connectivity index (χ4n) is 1.39. The standard InChI is InChI=1S/C11H11FN4OS/c1-2-16-9(5-6-14-16)11(17)15-13-7-8-3-4-10(12)18-8/h3-7H,2H2,1H3,(H,15,17)/b13-7+. The molecular formula is C11H11FN4OS. The zero-order valence-corrected chi connectivity index (χ0v) is 10.4. The summed E-state index contributed by atoms with van der Waals surface area (Å²) in [6.45, 7) is 2.50. The van der Waals surface area contributed by atoms with E-state index in [9.17, 15) is 9.18 Å². The van der Waals surface area contributed by atoms with E-state index in [1.54, 1.807) is 23.0 Å². The minimum atomic E-state index is -0.345. The summed E-state index contributed by atoms with van der Waals surface area (Å²) in [6, 6.07) is 4.55. The van der Waals surface area contributed by atoms with Crippen molar-refractivity contribution in [1.82, 2.24) is 15.2 Å². The number of carbonyl (C=O) groups is 1. The van der Waals surface area contributed by atoms with Gasteiger partial charge in [0.15, 0.2) is 5.13 Å². The molecule has 0 radical (unpaired) electrons. The van der Waals surface area contributed by atoms with Crippen molar-refractivity contribution >= 4 is 23.5 Å². The van der Waals surface area contributed by atoms with E-state index in [-0.39, 0.29) is 11.0 Å². The van der Waals surface area contributed by atoms with E-state index in [0.717, 1.165) is 11.3 Å². The molecule has 5 nitrogen and oxygen atoms in total. The van der Waals surface area contributed by atoms with Crippen LogP contribution in [0.25, 0.3) is 0 Å². The third kappa shape index (κ3) is 2.80. The van der Waals surface area contributed by atoms with Crippen molar-refractivity contribution in [2.75, 3.05) is 0 Å². The number of halogens is 1. The molecule has 1 amide bonds. The number of carbonyl (C=O) groups excluding carboxylic acids is 1. The second-order valence-electron chi connectivity index (χ2n) is 3.37. The van der Waals surface area contributed by atoms with Crippen molar-refractivity contribution in [3.63, 3.8) is 0 Å². The zero-order valence-electron chi connectivity index (χ0n) is 9.63. The van der Waals surface area contributed by atoms with E-state index in [1.165, 1.54) is 12.3 Å². The van der Waals surface area contributed by atoms with Gasteiger partial charge in [-0.3, -0.25) is 9.48 Å². The number of hydrogen-bond acceptors (Lipinski definition) is 4. The molecule has 0 aliphatic heterocycles. The Bertz CT molecular complexity index is 575. The summed E-state index contributed by atoms with van der Waals surface area (Å²) in [5.74, 6) is -0.345. The quantitative estimate of drug-likeness (QED) is 0.678. The Labute approximate surface area is 107 Å². The predicted molar refractivity (Wildman–Crippen MR) is 67.2 cm³/mol. The van der Waals surface area contributed by atoms with Gasteiger partial charge in [0.1, 0.15) is 5.69 Å². The second-order valence-corrected chi connectivity index (χ2v) is 4.44. The first-order valence-corrected chi connectivity index (χ1v) is 6.13. The minimum Gasteiger partial charge on any atom is -0.266 e. The van der Waals surface area contributed by atoms with Gasteiger partial charge in [0.05, 0.1) is 11.1 Å². The van der Waals surface area contributed by atoms with Crippen LogP contribution in [0.3, 0.4) is 0 Å². The van der Waals surface area contributed by atoms with Crippen LogP contribution < -0.4 is 5.43 Å². The third-order valence-corrected chi connectivity index (χ3v) is 3.01. The summed E-state index contributed by atoms with van der Waals surface area (Å²) in [7, 11) is 0. The average Bonchev–Trinajstić information content (AvgIpc) is 2.97. The average molecular weight is 266 g/mol. The van der Waals surface area contributed by atoms with Crippen molar-refractivity contribution in [1.29, 1.82) is 0 Å². The molecular weight excluding hydrogens is 255 g/mol. The van der Waals surface area contributed by atoms with Crippen molar-refractivity contribution < 1.29 is 9.18 Å². The van der Waals surface area contributed by atoms with Gasteiger partial charge in [-0.15, -0.1) is 11.3 Å². The Kier molecular flexibility index (Phi) is 3.83. The lowest BCUT2D eigenvalue weighted by Gasteiger charge is -2.01. The van der Waals surface area contributed by atoms with Gasteiger partial charge in [-0.2, -0.15) is 14.6 Å². The van der Waals surface area contributed by atoms with Crippen LogP contribution in [0.1, 0.15) is 22.3 Å². The maximum atomic E-state index is 12.7. The number of hydrazone groups is 1. The second kappa shape index (κ2) is 5.54. The highest BCUT2D eigenvalue weighted by Crippen LogP contribution is 2.11. The monoisotopic (exact) mass is 266 g/mol. The van der Waals surface area contributed by atoms with Crippen LogP contribution in [0.15, 0.2) is 29.5 Å². The first kappa shape index (κ1) is 12.4. The highest BCUT2D eigenvalue weighted by molar-refractivity contribution is 7.12. The molecule has 94 valence electrons. The zero-order chi connectivity index (χ0) is 13.0. The number of hydrogen-bond donors (Lipinski definition) is 1. The van der Waals surface area contributed by atoms with Gasteiger partial charge in [-0.1, -0.05) is 0 Å². The molecule has 1 N–H and O–H groups in total. The maximum absolute atomic E-state index is 12.7. The molecule has 0 atom stereocenters. The molecule has 0 saturated heterocycles. The third-order valence-electron chi connectivity index (χ3n) is 2.20. The smallest absolute Gasteiger partial charge is 0.266 e. The number of nitrogens with zero attached hydrogens (tertiary/aromatic N) is 3. The van der Waals surface area contributed by atoms with Crippen molar-refractivity contribution in [3.8, 4) is 0 Å². The van der Waals surface area contributed by atoms with Crippen molar-refractivity contribution in [3.05, 3.63) is 40.1 Å². The molecule has 2 rings (SSSR count). The van der Waals surface area contributed by atoms with E-state index in [4.69, 9.17) is 0 Å². The summed E-state index contributed by atoms with van der Waals surface area (Å²) in [5, 5.41) is 7.46. The first-order chi connectivity index (χ1) is 8.70. The van der Waals surface area contributed by atoms with Gasteiger partial charge >= 0.3 is 0 Å². The van der Waals surface area contributed by atoms with Gasteiger partial charge in [-0.25, -0.2) is 5.43 Å². The van der Waals surface area contributed by atoms with Gasteiger partial charge < -0.3 is 0 Å². The summed E-state index contributed by atoms with van der Waals surface area (Å²) in [4.78, 5) is 12.4. The van der Waals surface area contributed by atoms with E-state index in [0.29, 0.717) is 17.1 Å². The fourth-order valence-corrected chi connectivity index (χ4v) is 1.99. The summed E-state index contributed by atoms with van der Waals surface area (Å²) in [6.07, 6.45) is 2.95. The Morgan fingerprint density at radius 3 is 3.11 bits per heavy atom. The number of amides is 1. The van der Waals surface area contributed by atoms with Crippen LogP contribution in [0.5, 0.6) is 0 Å². The topological polar surface area (TPSA) is 59.3 Å². The van der Waals surface area contributed by atoms with E-state index >= 15 is 0 Å². The predicted octanol–water partition coefficient (Wildman–Crippen LogP) is 1.87. The lowest BCUT2D eigenvalue weighted by atomic mass is 10.4. The van der Waals surface area contributed by atoms with Crippen LogP contribution in [-0.4, -0.2) is 21.9 Å². The molecule has 2 heterocycles. The molecule has 7 heteroatoms. The van der Waals surface area contributed by atoms with Gasteiger partial charge in [0.2, 0.25) is 0 Å². The van der Waals surface area contributed by atoms with Gasteiger partial charge in [0, 0.05) is 12.7 Å². The van der Waals surface area contributed by atoms with E-state index < -0.39 is 0 Å². The fraction of sp³-hybridized carbons (Fsp3) is 0.182. The lowest BCUT2D eigenvalue weighted by Crippen LogP contribution is -2.21. The molecule has 2 aromatic rings. The molecule has 0 unspecified atom stereocenters. The van der Waals surface area contributed by atoms with E-state index in [2.05, 4.69) is 15.6 Å². The normalized spacial score (nSPS) is 11.0. The molecule has 18 heavy (non-hydrogen) atoms. The Morgan fingerprint density at radius 1 is 1.61 bits per heavy atom. The Morgan fingerprint density at radius 2 is 2.44 bits per heavy atom.